The third kappa shape index (κ3) is 4.05. The van der Waals surface area contributed by atoms with Crippen LogP contribution in [0.25, 0.3) is 11.3 Å². The Morgan fingerprint density at radius 2 is 2.17 bits per heavy atom. The molecule has 124 valence electrons. The molecule has 2 atom stereocenters. The second kappa shape index (κ2) is 7.81. The van der Waals surface area contributed by atoms with E-state index in [1.807, 2.05) is 13.8 Å². The molecule has 1 aromatic heterocycles. The van der Waals surface area contributed by atoms with Crippen molar-refractivity contribution in [2.24, 2.45) is 5.92 Å². The number of amides is 1. The van der Waals surface area contributed by atoms with Gasteiger partial charge in [-0.25, -0.2) is 0 Å². The van der Waals surface area contributed by atoms with Gasteiger partial charge >= 0.3 is 0 Å². The van der Waals surface area contributed by atoms with E-state index in [1.54, 1.807) is 18.2 Å². The van der Waals surface area contributed by atoms with Gasteiger partial charge in [-0.1, -0.05) is 43.5 Å². The predicted molar refractivity (Wildman–Crippen MR) is 91.8 cm³/mol. The van der Waals surface area contributed by atoms with Crippen molar-refractivity contribution in [3.05, 3.63) is 40.0 Å². The Bertz CT molecular complexity index is 688. The first-order chi connectivity index (χ1) is 11.0. The molecule has 0 aliphatic rings. The van der Waals surface area contributed by atoms with E-state index in [4.69, 9.17) is 23.2 Å². The van der Waals surface area contributed by atoms with Crippen LogP contribution in [0.4, 0.5) is 0 Å². The standard InChI is InChI=1S/C16H19Cl2N3O2/c1-3-9(2)14(8-22)20-16(23)12-7-19-21-15(12)11-5-4-10(17)6-13(11)18/h4-7,9,14,22H,3,8H2,1-2H3,(H,19,21)(H,20,23)/t9-,14-/m0/s1. The third-order valence-corrected chi connectivity index (χ3v) is 4.48. The minimum atomic E-state index is -0.309. The molecule has 0 saturated heterocycles. The molecule has 2 rings (SSSR count). The van der Waals surface area contributed by atoms with Crippen LogP contribution in [0.2, 0.25) is 10.0 Å². The SMILES string of the molecule is CC[C@H](C)[C@H](CO)NC(=O)c1cn[nH]c1-c1ccc(Cl)cc1Cl. The first kappa shape index (κ1) is 17.8. The molecule has 0 bridgehead atoms. The Labute approximate surface area is 145 Å². The van der Waals surface area contributed by atoms with Crippen molar-refractivity contribution in [2.45, 2.75) is 26.3 Å². The topological polar surface area (TPSA) is 78.0 Å². The van der Waals surface area contributed by atoms with E-state index in [9.17, 15) is 9.90 Å². The van der Waals surface area contributed by atoms with Crippen LogP contribution in [0, 0.1) is 5.92 Å². The number of hydrogen-bond acceptors (Lipinski definition) is 3. The molecule has 0 radical (unpaired) electrons. The Hall–Kier alpha value is -1.56. The summed E-state index contributed by atoms with van der Waals surface area (Å²) in [5.74, 6) is -0.141. The van der Waals surface area contributed by atoms with E-state index in [0.29, 0.717) is 26.9 Å². The van der Waals surface area contributed by atoms with Crippen LogP contribution < -0.4 is 5.32 Å². The zero-order valence-corrected chi connectivity index (χ0v) is 14.4. The Morgan fingerprint density at radius 3 is 2.78 bits per heavy atom. The van der Waals surface area contributed by atoms with Gasteiger partial charge in [0.15, 0.2) is 0 Å². The number of carbonyl (C=O) groups excluding carboxylic acids is 1. The normalized spacial score (nSPS) is 13.6. The molecular weight excluding hydrogens is 337 g/mol. The van der Waals surface area contributed by atoms with E-state index >= 15 is 0 Å². The number of nitrogens with zero attached hydrogens (tertiary/aromatic N) is 1. The summed E-state index contributed by atoms with van der Waals surface area (Å²) in [5.41, 5.74) is 1.53. The van der Waals surface area contributed by atoms with Crippen LogP contribution in [0.1, 0.15) is 30.6 Å². The Kier molecular flexibility index (Phi) is 6.04. The molecule has 7 heteroatoms. The lowest BCUT2D eigenvalue weighted by molar-refractivity contribution is 0.0892. The molecule has 3 N–H and O–H groups in total. The minimum absolute atomic E-state index is 0.115. The molecule has 0 unspecified atom stereocenters. The van der Waals surface area contributed by atoms with Gasteiger partial charge in [-0.2, -0.15) is 5.10 Å². The van der Waals surface area contributed by atoms with Crippen LogP contribution in [-0.4, -0.2) is 33.9 Å². The van der Waals surface area contributed by atoms with Gasteiger partial charge in [-0.15, -0.1) is 0 Å². The summed E-state index contributed by atoms with van der Waals surface area (Å²) < 4.78 is 0. The number of aromatic amines is 1. The zero-order valence-electron chi connectivity index (χ0n) is 12.9. The number of rotatable bonds is 6. The molecule has 1 heterocycles. The number of aliphatic hydroxyl groups excluding tert-OH is 1. The lowest BCUT2D eigenvalue weighted by Crippen LogP contribution is -2.41. The summed E-state index contributed by atoms with van der Waals surface area (Å²) in [7, 11) is 0. The average Bonchev–Trinajstić information content (AvgIpc) is 3.01. The van der Waals surface area contributed by atoms with E-state index in [1.165, 1.54) is 6.20 Å². The van der Waals surface area contributed by atoms with Gasteiger partial charge in [-0.3, -0.25) is 9.89 Å². The first-order valence-corrected chi connectivity index (χ1v) is 8.14. The molecule has 5 nitrogen and oxygen atoms in total. The summed E-state index contributed by atoms with van der Waals surface area (Å²) in [6, 6.07) is 4.72. The highest BCUT2D eigenvalue weighted by Gasteiger charge is 2.22. The summed E-state index contributed by atoms with van der Waals surface area (Å²) in [4.78, 5) is 12.5. The van der Waals surface area contributed by atoms with E-state index < -0.39 is 0 Å². The van der Waals surface area contributed by atoms with Crippen LogP contribution in [0.15, 0.2) is 24.4 Å². The van der Waals surface area contributed by atoms with Gasteiger partial charge < -0.3 is 10.4 Å². The fraction of sp³-hybridized carbons (Fsp3) is 0.375. The summed E-state index contributed by atoms with van der Waals surface area (Å²) in [6.07, 6.45) is 2.30. The summed E-state index contributed by atoms with van der Waals surface area (Å²) in [5, 5.41) is 20.0. The Balaban J connectivity index is 2.28. The number of hydrogen-bond donors (Lipinski definition) is 3. The second-order valence-corrected chi connectivity index (χ2v) is 6.27. The molecule has 0 aliphatic carbocycles. The van der Waals surface area contributed by atoms with Gasteiger partial charge in [0.2, 0.25) is 0 Å². The highest BCUT2D eigenvalue weighted by Crippen LogP contribution is 2.31. The molecular formula is C16H19Cl2N3O2. The van der Waals surface area contributed by atoms with Crippen LogP contribution in [0.3, 0.4) is 0 Å². The molecule has 0 spiro atoms. The first-order valence-electron chi connectivity index (χ1n) is 7.38. The van der Waals surface area contributed by atoms with Crippen molar-refractivity contribution in [1.29, 1.82) is 0 Å². The highest BCUT2D eigenvalue weighted by atomic mass is 35.5. The number of benzene rings is 1. The van der Waals surface area contributed by atoms with E-state index in [0.717, 1.165) is 6.42 Å². The lowest BCUT2D eigenvalue weighted by atomic mass is 9.99. The number of nitrogens with one attached hydrogen (secondary N) is 2. The van der Waals surface area contributed by atoms with Crippen molar-refractivity contribution in [1.82, 2.24) is 15.5 Å². The van der Waals surface area contributed by atoms with E-state index in [-0.39, 0.29) is 24.5 Å². The molecule has 2 aromatic rings. The molecule has 23 heavy (non-hydrogen) atoms. The van der Waals surface area contributed by atoms with Gasteiger partial charge in [0.1, 0.15) is 0 Å². The maximum atomic E-state index is 12.5. The van der Waals surface area contributed by atoms with E-state index in [2.05, 4.69) is 15.5 Å². The number of carbonyl (C=O) groups is 1. The maximum absolute atomic E-state index is 12.5. The van der Waals surface area contributed by atoms with Crippen LogP contribution in [-0.2, 0) is 0 Å². The fourth-order valence-electron chi connectivity index (χ4n) is 2.25. The third-order valence-electron chi connectivity index (χ3n) is 3.93. The van der Waals surface area contributed by atoms with Gasteiger partial charge in [0.05, 0.1) is 35.1 Å². The average molecular weight is 356 g/mol. The second-order valence-electron chi connectivity index (χ2n) is 5.43. The van der Waals surface area contributed by atoms with Crippen molar-refractivity contribution >= 4 is 29.1 Å². The fourth-order valence-corrected chi connectivity index (χ4v) is 2.76. The molecule has 0 saturated carbocycles. The number of H-pyrrole nitrogens is 1. The van der Waals surface area contributed by atoms with Crippen LogP contribution >= 0.6 is 23.2 Å². The number of aliphatic hydroxyl groups is 1. The lowest BCUT2D eigenvalue weighted by Gasteiger charge is -2.22. The summed E-state index contributed by atoms with van der Waals surface area (Å²) in [6.45, 7) is 3.87. The molecule has 1 aromatic carbocycles. The van der Waals surface area contributed by atoms with Crippen molar-refractivity contribution in [2.75, 3.05) is 6.61 Å². The monoisotopic (exact) mass is 355 g/mol. The molecule has 0 aliphatic heterocycles. The predicted octanol–water partition coefficient (Wildman–Crippen LogP) is 3.52. The summed E-state index contributed by atoms with van der Waals surface area (Å²) >= 11 is 12.1. The van der Waals surface area contributed by atoms with Gasteiger partial charge in [0, 0.05) is 10.6 Å². The smallest absolute Gasteiger partial charge is 0.255 e. The minimum Gasteiger partial charge on any atom is -0.394 e. The Morgan fingerprint density at radius 1 is 1.43 bits per heavy atom. The largest absolute Gasteiger partial charge is 0.394 e. The van der Waals surface area contributed by atoms with Gasteiger partial charge in [0.25, 0.3) is 5.91 Å². The van der Waals surface area contributed by atoms with Crippen molar-refractivity contribution in [3.63, 3.8) is 0 Å². The van der Waals surface area contributed by atoms with Gasteiger partial charge in [-0.05, 0) is 24.1 Å². The van der Waals surface area contributed by atoms with Crippen molar-refractivity contribution < 1.29 is 9.90 Å². The van der Waals surface area contributed by atoms with Crippen molar-refractivity contribution in [3.8, 4) is 11.3 Å². The zero-order chi connectivity index (χ0) is 17.0. The van der Waals surface area contributed by atoms with Crippen LogP contribution in [0.5, 0.6) is 0 Å². The molecule has 0 fully saturated rings. The molecule has 1 amide bonds. The quantitative estimate of drug-likeness (QED) is 0.741. The maximum Gasteiger partial charge on any atom is 0.255 e. The highest BCUT2D eigenvalue weighted by molar-refractivity contribution is 6.36. The number of halogens is 2. The number of aromatic nitrogens is 2.